The molecule has 0 unspecified atom stereocenters. The number of aromatic hydroxyl groups is 1. The van der Waals surface area contributed by atoms with Gasteiger partial charge in [0.25, 0.3) is 0 Å². The Morgan fingerprint density at radius 2 is 2.00 bits per heavy atom. The number of fused-ring (bicyclic) bond motifs is 1. The second-order valence-electron chi connectivity index (χ2n) is 4.95. The molecule has 1 aliphatic rings. The zero-order valence-corrected chi connectivity index (χ0v) is 13.4. The van der Waals surface area contributed by atoms with Gasteiger partial charge in [0.05, 0.1) is 10.0 Å². The molecule has 1 heterocycles. The molecular weight excluding hydrogens is 348 g/mol. The number of halogens is 1. The van der Waals surface area contributed by atoms with E-state index in [-0.39, 0.29) is 23.9 Å². The summed E-state index contributed by atoms with van der Waals surface area (Å²) in [4.78, 5) is 12.3. The Labute approximate surface area is 136 Å². The molecule has 0 amide bonds. The van der Waals surface area contributed by atoms with Crippen molar-refractivity contribution in [3.8, 4) is 17.2 Å². The van der Waals surface area contributed by atoms with Gasteiger partial charge in [-0.3, -0.25) is 4.79 Å². The molecule has 22 heavy (non-hydrogen) atoms. The average Bonchev–Trinajstić information content (AvgIpc) is 2.96. The minimum absolute atomic E-state index is 0.0501. The fraction of sp³-hybridized carbons (Fsp3) is 0.118. The maximum absolute atomic E-state index is 12.3. The van der Waals surface area contributed by atoms with E-state index in [0.717, 1.165) is 11.1 Å². The number of phenols is 1. The molecule has 0 aromatic heterocycles. The molecule has 0 atom stereocenters. The molecular formula is C17H13BrO4. The summed E-state index contributed by atoms with van der Waals surface area (Å²) in [6.45, 7) is 2.08. The van der Waals surface area contributed by atoms with Gasteiger partial charge in [-0.15, -0.1) is 0 Å². The van der Waals surface area contributed by atoms with Gasteiger partial charge in [-0.25, -0.2) is 0 Å². The lowest BCUT2D eigenvalue weighted by molar-refractivity contribution is 0.104. The van der Waals surface area contributed by atoms with Gasteiger partial charge in [0.2, 0.25) is 6.79 Å². The molecule has 2 aromatic rings. The lowest BCUT2D eigenvalue weighted by Gasteiger charge is -2.05. The molecule has 0 saturated carbocycles. The number of carbonyl (C=O) groups excluding carboxylic acids is 1. The third-order valence-corrected chi connectivity index (χ3v) is 3.90. The van der Waals surface area contributed by atoms with Crippen LogP contribution in [0, 0.1) is 6.92 Å². The normalized spacial score (nSPS) is 12.8. The minimum atomic E-state index is -0.264. The predicted octanol–water partition coefficient (Wildman–Crippen LogP) is 4.09. The van der Waals surface area contributed by atoms with E-state index in [1.54, 1.807) is 30.3 Å². The largest absolute Gasteiger partial charge is 0.506 e. The monoisotopic (exact) mass is 360 g/mol. The van der Waals surface area contributed by atoms with E-state index in [9.17, 15) is 9.90 Å². The molecule has 2 aromatic carbocycles. The molecule has 5 heteroatoms. The number of hydrogen-bond donors (Lipinski definition) is 1. The topological polar surface area (TPSA) is 55.8 Å². The van der Waals surface area contributed by atoms with Gasteiger partial charge in [0.15, 0.2) is 17.3 Å². The van der Waals surface area contributed by atoms with Gasteiger partial charge in [0.1, 0.15) is 5.75 Å². The van der Waals surface area contributed by atoms with Crippen LogP contribution in [0.4, 0.5) is 0 Å². The number of aryl methyl sites for hydroxylation is 1. The first-order chi connectivity index (χ1) is 10.5. The summed E-state index contributed by atoms with van der Waals surface area (Å²) in [6, 6.07) is 8.86. The lowest BCUT2D eigenvalue weighted by Crippen LogP contribution is -1.96. The first kappa shape index (κ1) is 14.7. The highest BCUT2D eigenvalue weighted by Gasteiger charge is 2.14. The van der Waals surface area contributed by atoms with Crippen molar-refractivity contribution in [1.82, 2.24) is 0 Å². The maximum Gasteiger partial charge on any atom is 0.231 e. The number of phenolic OH excluding ortho intramolecular Hbond substituents is 1. The molecule has 4 nitrogen and oxygen atoms in total. The molecule has 3 rings (SSSR count). The highest BCUT2D eigenvalue weighted by Crippen LogP contribution is 2.33. The first-order valence-electron chi connectivity index (χ1n) is 6.66. The van der Waals surface area contributed by atoms with E-state index < -0.39 is 0 Å². The van der Waals surface area contributed by atoms with Crippen molar-refractivity contribution in [2.75, 3.05) is 6.79 Å². The SMILES string of the molecule is Cc1cc(Br)c(O)c(C(=O)C=Cc2ccc3c(c2)OCO3)c1. The summed E-state index contributed by atoms with van der Waals surface area (Å²) in [5, 5.41) is 9.98. The van der Waals surface area contributed by atoms with Crippen LogP contribution in [0.2, 0.25) is 0 Å². The number of ether oxygens (including phenoxy) is 2. The van der Waals surface area contributed by atoms with Gasteiger partial charge in [-0.05, 0) is 64.3 Å². The Balaban J connectivity index is 1.85. The van der Waals surface area contributed by atoms with E-state index in [4.69, 9.17) is 9.47 Å². The van der Waals surface area contributed by atoms with E-state index in [2.05, 4.69) is 15.9 Å². The van der Waals surface area contributed by atoms with Crippen LogP contribution < -0.4 is 9.47 Å². The van der Waals surface area contributed by atoms with E-state index in [0.29, 0.717) is 16.0 Å². The Morgan fingerprint density at radius 1 is 1.23 bits per heavy atom. The van der Waals surface area contributed by atoms with Gasteiger partial charge in [-0.1, -0.05) is 12.1 Å². The summed E-state index contributed by atoms with van der Waals surface area (Å²) in [5.41, 5.74) is 1.98. The number of carbonyl (C=O) groups is 1. The molecule has 0 aliphatic carbocycles. The smallest absolute Gasteiger partial charge is 0.231 e. The molecule has 1 N–H and O–H groups in total. The average molecular weight is 361 g/mol. The van der Waals surface area contributed by atoms with Crippen LogP contribution >= 0.6 is 15.9 Å². The lowest BCUT2D eigenvalue weighted by atomic mass is 10.1. The summed E-state index contributed by atoms with van der Waals surface area (Å²) in [7, 11) is 0. The van der Waals surface area contributed by atoms with Crippen molar-refractivity contribution in [2.24, 2.45) is 0 Å². The molecule has 0 fully saturated rings. The number of rotatable bonds is 3. The van der Waals surface area contributed by atoms with E-state index >= 15 is 0 Å². The standard InChI is InChI=1S/C17H13BrO4/c1-10-6-12(17(20)13(18)7-10)14(19)4-2-11-3-5-15-16(8-11)22-9-21-15/h2-8,20H,9H2,1H3. The Kier molecular flexibility index (Phi) is 3.90. The van der Waals surface area contributed by atoms with Crippen molar-refractivity contribution in [3.05, 3.63) is 57.6 Å². The zero-order valence-electron chi connectivity index (χ0n) is 11.8. The molecule has 0 bridgehead atoms. The molecule has 0 radical (unpaired) electrons. The number of allylic oxidation sites excluding steroid dienone is 1. The summed E-state index contributed by atoms with van der Waals surface area (Å²) < 4.78 is 11.0. The van der Waals surface area contributed by atoms with Crippen LogP contribution in [-0.2, 0) is 0 Å². The molecule has 112 valence electrons. The number of ketones is 1. The highest BCUT2D eigenvalue weighted by molar-refractivity contribution is 9.10. The first-order valence-corrected chi connectivity index (χ1v) is 7.45. The summed E-state index contributed by atoms with van der Waals surface area (Å²) in [6.07, 6.45) is 3.11. The summed E-state index contributed by atoms with van der Waals surface area (Å²) in [5.74, 6) is 1.05. The molecule has 1 aliphatic heterocycles. The number of benzene rings is 2. The Hall–Kier alpha value is -2.27. The summed E-state index contributed by atoms with van der Waals surface area (Å²) >= 11 is 3.24. The second kappa shape index (κ2) is 5.85. The van der Waals surface area contributed by atoms with E-state index in [1.807, 2.05) is 13.0 Å². The third kappa shape index (κ3) is 2.85. The van der Waals surface area contributed by atoms with Crippen molar-refractivity contribution in [3.63, 3.8) is 0 Å². The van der Waals surface area contributed by atoms with Crippen LogP contribution in [0.5, 0.6) is 17.2 Å². The highest BCUT2D eigenvalue weighted by atomic mass is 79.9. The fourth-order valence-electron chi connectivity index (χ4n) is 2.20. The van der Waals surface area contributed by atoms with Crippen molar-refractivity contribution in [2.45, 2.75) is 6.92 Å². The van der Waals surface area contributed by atoms with Crippen LogP contribution in [0.15, 0.2) is 40.9 Å². The third-order valence-electron chi connectivity index (χ3n) is 3.30. The van der Waals surface area contributed by atoms with Crippen LogP contribution in [-0.4, -0.2) is 17.7 Å². The van der Waals surface area contributed by atoms with Gasteiger partial charge < -0.3 is 14.6 Å². The Bertz CT molecular complexity index is 780. The van der Waals surface area contributed by atoms with Crippen molar-refractivity contribution < 1.29 is 19.4 Å². The van der Waals surface area contributed by atoms with Gasteiger partial charge in [-0.2, -0.15) is 0 Å². The van der Waals surface area contributed by atoms with Crippen LogP contribution in [0.1, 0.15) is 21.5 Å². The maximum atomic E-state index is 12.3. The van der Waals surface area contributed by atoms with Crippen molar-refractivity contribution in [1.29, 1.82) is 0 Å². The Morgan fingerprint density at radius 3 is 2.82 bits per heavy atom. The van der Waals surface area contributed by atoms with Gasteiger partial charge >= 0.3 is 0 Å². The van der Waals surface area contributed by atoms with E-state index in [1.165, 1.54) is 6.08 Å². The van der Waals surface area contributed by atoms with Crippen molar-refractivity contribution >= 4 is 27.8 Å². The van der Waals surface area contributed by atoms with Crippen LogP contribution in [0.25, 0.3) is 6.08 Å². The molecule has 0 saturated heterocycles. The van der Waals surface area contributed by atoms with Gasteiger partial charge in [0, 0.05) is 0 Å². The predicted molar refractivity (Wildman–Crippen MR) is 86.5 cm³/mol. The fourth-order valence-corrected chi connectivity index (χ4v) is 2.78. The minimum Gasteiger partial charge on any atom is -0.506 e. The quantitative estimate of drug-likeness (QED) is 0.661. The zero-order chi connectivity index (χ0) is 15.7. The second-order valence-corrected chi connectivity index (χ2v) is 5.81. The van der Waals surface area contributed by atoms with Crippen LogP contribution in [0.3, 0.4) is 0 Å². The molecule has 0 spiro atoms. The number of hydrogen-bond acceptors (Lipinski definition) is 4.